The molecule has 5 rings (SSSR count). The maximum Gasteiger partial charge on any atom is 0.147 e. The van der Waals surface area contributed by atoms with Gasteiger partial charge < -0.3 is 19.9 Å². The van der Waals surface area contributed by atoms with Crippen molar-refractivity contribution in [3.8, 4) is 22.7 Å². The van der Waals surface area contributed by atoms with Crippen molar-refractivity contribution in [1.29, 1.82) is 0 Å². The summed E-state index contributed by atoms with van der Waals surface area (Å²) >= 11 is 0. The van der Waals surface area contributed by atoms with Crippen molar-refractivity contribution < 1.29 is 16.6 Å². The molecule has 4 heterocycles. The Kier molecular flexibility index (Phi) is 4.07. The highest BCUT2D eigenvalue weighted by atomic mass is 19.1. The Balaban J connectivity index is 1.38. The molecule has 2 bridgehead atoms. The van der Waals surface area contributed by atoms with E-state index in [1.54, 1.807) is 42.5 Å². The van der Waals surface area contributed by atoms with Gasteiger partial charge in [0.2, 0.25) is 0 Å². The van der Waals surface area contributed by atoms with Gasteiger partial charge in [0.25, 0.3) is 0 Å². The predicted octanol–water partition coefficient (Wildman–Crippen LogP) is 2.65. The third kappa shape index (κ3) is 3.19. The molecule has 0 saturated carbocycles. The number of aromatic nitrogens is 4. The highest BCUT2D eigenvalue weighted by molar-refractivity contribution is 5.68. The summed E-state index contributed by atoms with van der Waals surface area (Å²) in [5.74, 6) is 0.353. The molecule has 0 spiro atoms. The van der Waals surface area contributed by atoms with Crippen molar-refractivity contribution in [3.05, 3.63) is 49.3 Å². The van der Waals surface area contributed by atoms with E-state index in [0.29, 0.717) is 17.1 Å². The molecule has 30 heavy (non-hydrogen) atoms. The van der Waals surface area contributed by atoms with Crippen LogP contribution in [0.4, 0.5) is 14.6 Å². The number of imidazole rings is 1. The van der Waals surface area contributed by atoms with Crippen LogP contribution in [0.15, 0.2) is 49.3 Å². The number of fused-ring (bicyclic) bond motifs is 2. The van der Waals surface area contributed by atoms with Gasteiger partial charge >= 0.3 is 0 Å². The summed E-state index contributed by atoms with van der Waals surface area (Å²) in [7, 11) is 1.60. The SMILES string of the molecule is [2H][C@]12C[C@@H](N(C)c3cnc(-c4ccc(-n5ccnc5)cc4O)cn3)[C@H](F)[C@]([2H])(C[C@H]1F)N2. The number of hydrogen-bond donors (Lipinski definition) is 2. The van der Waals surface area contributed by atoms with E-state index in [4.69, 9.17) is 2.74 Å². The zero-order valence-corrected chi connectivity index (χ0v) is 16.2. The minimum absolute atomic E-state index is 0.0200. The summed E-state index contributed by atoms with van der Waals surface area (Å²) in [6.45, 7) is 0. The number of rotatable bonds is 4. The Morgan fingerprint density at radius 1 is 1.23 bits per heavy atom. The third-order valence-corrected chi connectivity index (χ3v) is 5.75. The van der Waals surface area contributed by atoms with Gasteiger partial charge in [0.1, 0.15) is 23.9 Å². The van der Waals surface area contributed by atoms with E-state index in [0.717, 1.165) is 5.69 Å². The lowest BCUT2D eigenvalue weighted by molar-refractivity contribution is 0.172. The molecule has 5 atom stereocenters. The first kappa shape index (κ1) is 16.7. The standard InChI is InChI=1S/C21H22F2N6O/c1-28(18-8-15-14(22)7-16(27-15)21(18)23)20-10-25-17(9-26-20)13-3-2-12(6-19(13)30)29-5-4-24-11-29/h2-6,9-11,14-16,18,21,27,30H,7-8H2,1H3/t14-,15+,16+,18-,21-/m1/s1/i15D,16D. The topological polar surface area (TPSA) is 79.1 Å². The summed E-state index contributed by atoms with van der Waals surface area (Å²) in [4.78, 5) is 14.2. The Hall–Kier alpha value is -3.07. The number of aromatic hydroxyl groups is 1. The highest BCUT2D eigenvalue weighted by Crippen LogP contribution is 2.35. The van der Waals surface area contributed by atoms with Crippen LogP contribution in [0.25, 0.3) is 16.9 Å². The minimum Gasteiger partial charge on any atom is -0.507 e. The number of nitrogens with zero attached hydrogens (tertiary/aromatic N) is 5. The number of phenolic OH excluding ortho intramolecular Hbond substituents is 1. The molecule has 1 aromatic carbocycles. The van der Waals surface area contributed by atoms with Crippen molar-refractivity contribution in [2.45, 2.75) is 43.3 Å². The van der Waals surface area contributed by atoms with E-state index >= 15 is 4.39 Å². The molecule has 2 aliphatic rings. The van der Waals surface area contributed by atoms with Gasteiger partial charge in [0, 0.05) is 45.8 Å². The number of halogens is 2. The first-order valence-electron chi connectivity index (χ1n) is 10.6. The number of alkyl halides is 2. The zero-order valence-electron chi connectivity index (χ0n) is 18.2. The lowest BCUT2D eigenvalue weighted by atomic mass is 9.96. The lowest BCUT2D eigenvalue weighted by Crippen LogP contribution is -2.56. The fourth-order valence-electron chi connectivity index (χ4n) is 4.03. The van der Waals surface area contributed by atoms with Gasteiger partial charge in [-0.3, -0.25) is 4.98 Å². The van der Waals surface area contributed by atoms with E-state index < -0.39 is 30.4 Å². The van der Waals surface area contributed by atoms with Gasteiger partial charge in [0.05, 0.1) is 36.1 Å². The van der Waals surface area contributed by atoms with Crippen LogP contribution in [0.3, 0.4) is 0 Å². The summed E-state index contributed by atoms with van der Waals surface area (Å²) < 4.78 is 47.7. The second-order valence-electron chi connectivity index (χ2n) is 7.56. The highest BCUT2D eigenvalue weighted by Gasteiger charge is 2.48. The molecule has 9 heteroatoms. The van der Waals surface area contributed by atoms with Crippen LogP contribution in [-0.4, -0.2) is 62.1 Å². The van der Waals surface area contributed by atoms with Crippen LogP contribution < -0.4 is 10.2 Å². The maximum absolute atomic E-state index is 15.1. The average molecular weight is 414 g/mol. The van der Waals surface area contributed by atoms with Gasteiger partial charge in [0.15, 0.2) is 0 Å². The van der Waals surface area contributed by atoms with Crippen LogP contribution in [-0.2, 0) is 0 Å². The lowest BCUT2D eigenvalue weighted by Gasteiger charge is -2.38. The quantitative estimate of drug-likeness (QED) is 0.683. The second-order valence-corrected chi connectivity index (χ2v) is 7.56. The Morgan fingerprint density at radius 2 is 2.10 bits per heavy atom. The molecule has 0 aliphatic carbocycles. The molecule has 0 radical (unpaired) electrons. The summed E-state index contributed by atoms with van der Waals surface area (Å²) in [6.07, 6.45) is 4.13. The molecule has 2 aliphatic heterocycles. The third-order valence-electron chi connectivity index (χ3n) is 5.75. The molecule has 2 aromatic heterocycles. The van der Waals surface area contributed by atoms with Gasteiger partial charge in [-0.05, 0) is 25.0 Å². The van der Waals surface area contributed by atoms with E-state index in [1.807, 2.05) is 6.07 Å². The number of anilines is 1. The van der Waals surface area contributed by atoms with Gasteiger partial charge in [-0.2, -0.15) is 0 Å². The fourth-order valence-corrected chi connectivity index (χ4v) is 4.03. The largest absolute Gasteiger partial charge is 0.507 e. The molecule has 7 nitrogen and oxygen atoms in total. The maximum atomic E-state index is 15.1. The Labute approximate surface area is 175 Å². The zero-order chi connectivity index (χ0) is 22.7. The average Bonchev–Trinajstić information content (AvgIpc) is 3.37. The Morgan fingerprint density at radius 3 is 2.80 bits per heavy atom. The Bertz CT molecular complexity index is 1130. The first-order valence-corrected chi connectivity index (χ1v) is 9.64. The number of nitrogens with one attached hydrogen (secondary N) is 1. The molecule has 2 saturated heterocycles. The molecule has 0 amide bonds. The molecular weight excluding hydrogens is 390 g/mol. The monoisotopic (exact) mass is 414 g/mol. The number of hydrogen-bond acceptors (Lipinski definition) is 6. The van der Waals surface area contributed by atoms with Crippen LogP contribution in [0.1, 0.15) is 15.6 Å². The van der Waals surface area contributed by atoms with Crippen LogP contribution in [0.2, 0.25) is 0 Å². The normalized spacial score (nSPS) is 33.8. The minimum atomic E-state index is -1.84. The number of phenols is 1. The molecule has 0 unspecified atom stereocenters. The molecule has 2 fully saturated rings. The van der Waals surface area contributed by atoms with Crippen molar-refractivity contribution in [2.75, 3.05) is 11.9 Å². The van der Waals surface area contributed by atoms with Crippen molar-refractivity contribution in [1.82, 2.24) is 24.8 Å². The number of piperidine rings is 1. The molecule has 3 aromatic rings. The van der Waals surface area contributed by atoms with E-state index in [2.05, 4.69) is 20.3 Å². The van der Waals surface area contributed by atoms with Crippen LogP contribution >= 0.6 is 0 Å². The van der Waals surface area contributed by atoms with Crippen molar-refractivity contribution in [3.63, 3.8) is 0 Å². The summed E-state index contributed by atoms with van der Waals surface area (Å²) in [5.41, 5.74) is 1.65. The smallest absolute Gasteiger partial charge is 0.147 e. The second kappa shape index (κ2) is 7.32. The van der Waals surface area contributed by atoms with Crippen molar-refractivity contribution >= 4 is 5.82 Å². The number of benzene rings is 1. The first-order chi connectivity index (χ1) is 15.2. The molecule has 156 valence electrons. The summed E-state index contributed by atoms with van der Waals surface area (Å²) in [6, 6.07) is 0.691. The summed E-state index contributed by atoms with van der Waals surface area (Å²) in [5, 5.41) is 13.0. The predicted molar refractivity (Wildman–Crippen MR) is 108 cm³/mol. The van der Waals surface area contributed by atoms with Crippen LogP contribution in [0, 0.1) is 0 Å². The van der Waals surface area contributed by atoms with E-state index in [1.165, 1.54) is 17.3 Å². The fraction of sp³-hybridized carbons (Fsp3) is 0.381. The van der Waals surface area contributed by atoms with Gasteiger partial charge in [-0.25, -0.2) is 18.7 Å². The van der Waals surface area contributed by atoms with Gasteiger partial charge in [-0.15, -0.1) is 0 Å². The van der Waals surface area contributed by atoms with Crippen molar-refractivity contribution in [2.24, 2.45) is 0 Å². The van der Waals surface area contributed by atoms with E-state index in [-0.39, 0.29) is 18.6 Å². The van der Waals surface area contributed by atoms with Crippen LogP contribution in [0.5, 0.6) is 5.75 Å². The van der Waals surface area contributed by atoms with Gasteiger partial charge in [-0.1, -0.05) is 0 Å². The molecule has 2 N–H and O–H groups in total. The van der Waals surface area contributed by atoms with E-state index in [9.17, 15) is 9.50 Å². The molecular formula is C21H22F2N6O.